The zero-order valence-electron chi connectivity index (χ0n) is 4.95. The zero-order valence-corrected chi connectivity index (χ0v) is 5.77. The van der Waals surface area contributed by atoms with Gasteiger partial charge in [0, 0.05) is 11.6 Å². The molecule has 0 saturated carbocycles. The van der Waals surface area contributed by atoms with Gasteiger partial charge in [-0.2, -0.15) is 0 Å². The monoisotopic (exact) mass is 139 g/mol. The van der Waals surface area contributed by atoms with E-state index in [0.717, 1.165) is 5.13 Å². The second-order valence-corrected chi connectivity index (χ2v) is 2.32. The Kier molecular flexibility index (Phi) is 2.27. The molecule has 9 heavy (non-hydrogen) atoms. The van der Waals surface area contributed by atoms with Crippen LogP contribution in [0.5, 0.6) is 0 Å². The summed E-state index contributed by atoms with van der Waals surface area (Å²) in [5.41, 5.74) is 0. The molecule has 0 saturated heterocycles. The SMILES string of the molecule is C=CC[N]c1nccs1. The van der Waals surface area contributed by atoms with Crippen molar-refractivity contribution in [2.75, 3.05) is 6.54 Å². The van der Waals surface area contributed by atoms with Crippen LogP contribution in [-0.4, -0.2) is 11.5 Å². The van der Waals surface area contributed by atoms with E-state index in [-0.39, 0.29) is 0 Å². The summed E-state index contributed by atoms with van der Waals surface area (Å²) in [4.78, 5) is 3.96. The first-order valence-corrected chi connectivity index (χ1v) is 3.49. The fraction of sp³-hybridized carbons (Fsp3) is 0.167. The minimum atomic E-state index is 0.660. The van der Waals surface area contributed by atoms with Crippen LogP contribution in [0.15, 0.2) is 24.2 Å². The highest BCUT2D eigenvalue weighted by Crippen LogP contribution is 2.09. The van der Waals surface area contributed by atoms with E-state index in [2.05, 4.69) is 16.9 Å². The first kappa shape index (κ1) is 6.29. The molecule has 2 nitrogen and oxygen atoms in total. The highest BCUT2D eigenvalue weighted by molar-refractivity contribution is 7.13. The zero-order chi connectivity index (χ0) is 6.53. The molecule has 47 valence electrons. The molecule has 0 aromatic carbocycles. The Balaban J connectivity index is 2.38. The van der Waals surface area contributed by atoms with Gasteiger partial charge in [-0.1, -0.05) is 6.08 Å². The average molecular weight is 139 g/mol. The van der Waals surface area contributed by atoms with Crippen molar-refractivity contribution in [2.24, 2.45) is 0 Å². The molecule has 0 bridgehead atoms. The summed E-state index contributed by atoms with van der Waals surface area (Å²) >= 11 is 1.54. The third-order valence-corrected chi connectivity index (χ3v) is 1.48. The molecule has 1 heterocycles. The summed E-state index contributed by atoms with van der Waals surface area (Å²) in [5, 5.41) is 6.81. The van der Waals surface area contributed by atoms with Gasteiger partial charge in [-0.15, -0.1) is 17.9 Å². The van der Waals surface area contributed by atoms with Crippen molar-refractivity contribution in [1.82, 2.24) is 10.3 Å². The smallest absolute Gasteiger partial charge is 0.204 e. The summed E-state index contributed by atoms with van der Waals surface area (Å²) in [6.07, 6.45) is 3.49. The Bertz CT molecular complexity index is 169. The molecule has 0 aliphatic rings. The molecule has 0 aliphatic carbocycles. The summed E-state index contributed by atoms with van der Waals surface area (Å²) in [6.45, 7) is 4.20. The van der Waals surface area contributed by atoms with Crippen LogP contribution in [-0.2, 0) is 0 Å². The van der Waals surface area contributed by atoms with Gasteiger partial charge in [-0.25, -0.2) is 4.98 Å². The fourth-order valence-corrected chi connectivity index (χ4v) is 0.951. The lowest BCUT2D eigenvalue weighted by atomic mass is 10.6. The molecule has 0 fully saturated rings. The Labute approximate surface area is 58.2 Å². The molecule has 0 N–H and O–H groups in total. The Morgan fingerprint density at radius 1 is 1.89 bits per heavy atom. The minimum absolute atomic E-state index is 0.660. The van der Waals surface area contributed by atoms with Crippen molar-refractivity contribution in [3.63, 3.8) is 0 Å². The molecule has 1 radical (unpaired) electrons. The van der Waals surface area contributed by atoms with E-state index in [1.54, 1.807) is 12.3 Å². The number of hydrogen-bond donors (Lipinski definition) is 0. The first-order valence-electron chi connectivity index (χ1n) is 2.61. The third-order valence-electron chi connectivity index (χ3n) is 0.775. The second-order valence-electron chi connectivity index (χ2n) is 1.44. The topological polar surface area (TPSA) is 27.0 Å². The van der Waals surface area contributed by atoms with Gasteiger partial charge in [0.15, 0.2) is 0 Å². The van der Waals surface area contributed by atoms with Gasteiger partial charge >= 0.3 is 0 Å². The second kappa shape index (κ2) is 3.25. The van der Waals surface area contributed by atoms with Gasteiger partial charge < -0.3 is 0 Å². The Morgan fingerprint density at radius 2 is 2.78 bits per heavy atom. The highest BCUT2D eigenvalue weighted by Gasteiger charge is 1.89. The van der Waals surface area contributed by atoms with Gasteiger partial charge in [0.25, 0.3) is 0 Å². The van der Waals surface area contributed by atoms with Crippen LogP contribution in [0.3, 0.4) is 0 Å². The Hall–Kier alpha value is -0.830. The van der Waals surface area contributed by atoms with Gasteiger partial charge in [-0.05, 0) is 0 Å². The maximum atomic E-state index is 4.07. The number of aromatic nitrogens is 1. The average Bonchev–Trinajstić information content (AvgIpc) is 2.34. The number of hydrogen-bond acceptors (Lipinski definition) is 2. The molecule has 0 aliphatic heterocycles. The van der Waals surface area contributed by atoms with Crippen LogP contribution in [0, 0.1) is 0 Å². The third kappa shape index (κ3) is 1.85. The van der Waals surface area contributed by atoms with Crippen molar-refractivity contribution < 1.29 is 0 Å². The quantitative estimate of drug-likeness (QED) is 0.584. The maximum Gasteiger partial charge on any atom is 0.204 e. The maximum absolute atomic E-state index is 4.07. The summed E-state index contributed by atoms with van der Waals surface area (Å²) in [6, 6.07) is 0. The lowest BCUT2D eigenvalue weighted by molar-refractivity contribution is 0.964. The van der Waals surface area contributed by atoms with E-state index in [0.29, 0.717) is 6.54 Å². The molecular formula is C6H7N2S. The van der Waals surface area contributed by atoms with Crippen molar-refractivity contribution in [3.05, 3.63) is 24.2 Å². The minimum Gasteiger partial charge on any atom is -0.253 e. The van der Waals surface area contributed by atoms with E-state index in [4.69, 9.17) is 0 Å². The predicted octanol–water partition coefficient (Wildman–Crippen LogP) is 1.56. The van der Waals surface area contributed by atoms with Crippen LogP contribution in [0.4, 0.5) is 5.13 Å². The number of rotatable bonds is 3. The molecular weight excluding hydrogens is 132 g/mol. The van der Waals surface area contributed by atoms with Crippen molar-refractivity contribution in [2.45, 2.75) is 0 Å². The van der Waals surface area contributed by atoms with Crippen LogP contribution in [0.1, 0.15) is 0 Å². The molecule has 0 amide bonds. The standard InChI is InChI=1S/C6H7N2S/c1-2-3-7-6-8-4-5-9-6/h2,4-5H,1,3H2. The molecule has 0 atom stereocenters. The van der Waals surface area contributed by atoms with Crippen molar-refractivity contribution in [1.29, 1.82) is 0 Å². The lowest BCUT2D eigenvalue weighted by Gasteiger charge is -1.88. The van der Waals surface area contributed by atoms with Gasteiger partial charge in [0.05, 0.1) is 6.54 Å². The fourth-order valence-electron chi connectivity index (χ4n) is 0.437. The highest BCUT2D eigenvalue weighted by atomic mass is 32.1. The van der Waals surface area contributed by atoms with E-state index < -0.39 is 0 Å². The first-order chi connectivity index (χ1) is 4.43. The van der Waals surface area contributed by atoms with Crippen LogP contribution >= 0.6 is 11.3 Å². The van der Waals surface area contributed by atoms with Crippen molar-refractivity contribution in [3.8, 4) is 0 Å². The Morgan fingerprint density at radius 3 is 3.33 bits per heavy atom. The van der Waals surface area contributed by atoms with Crippen molar-refractivity contribution >= 4 is 16.5 Å². The molecule has 0 unspecified atom stereocenters. The largest absolute Gasteiger partial charge is 0.253 e. The van der Waals surface area contributed by atoms with Gasteiger partial charge in [-0.3, -0.25) is 5.32 Å². The summed E-state index contributed by atoms with van der Waals surface area (Å²) in [5.74, 6) is 0. The number of thiazole rings is 1. The molecule has 3 heteroatoms. The normalized spacial score (nSPS) is 8.89. The van der Waals surface area contributed by atoms with E-state index in [9.17, 15) is 0 Å². The molecule has 1 rings (SSSR count). The van der Waals surface area contributed by atoms with E-state index in [1.165, 1.54) is 11.3 Å². The number of nitrogens with zero attached hydrogens (tertiary/aromatic N) is 2. The molecule has 0 spiro atoms. The van der Waals surface area contributed by atoms with Crippen LogP contribution in [0.2, 0.25) is 0 Å². The lowest BCUT2D eigenvalue weighted by Crippen LogP contribution is -1.94. The van der Waals surface area contributed by atoms with E-state index >= 15 is 0 Å². The van der Waals surface area contributed by atoms with Crippen LogP contribution in [0.25, 0.3) is 0 Å². The van der Waals surface area contributed by atoms with Crippen LogP contribution < -0.4 is 5.32 Å². The van der Waals surface area contributed by atoms with Gasteiger partial charge in [0.1, 0.15) is 0 Å². The van der Waals surface area contributed by atoms with E-state index in [1.807, 2.05) is 5.38 Å². The summed E-state index contributed by atoms with van der Waals surface area (Å²) in [7, 11) is 0. The summed E-state index contributed by atoms with van der Waals surface area (Å²) < 4.78 is 0. The molecule has 1 aromatic rings. The predicted molar refractivity (Wildman–Crippen MR) is 39.0 cm³/mol. The van der Waals surface area contributed by atoms with Gasteiger partial charge in [0.2, 0.25) is 5.13 Å². The molecule has 1 aromatic heterocycles.